The maximum absolute atomic E-state index is 11.9. The molecule has 5 nitrogen and oxygen atoms in total. The molecular weight excluding hydrogens is 240 g/mol. The highest BCUT2D eigenvalue weighted by Gasteiger charge is 2.23. The van der Waals surface area contributed by atoms with Crippen molar-refractivity contribution in [1.29, 1.82) is 0 Å². The van der Waals surface area contributed by atoms with Crippen LogP contribution in [0.2, 0.25) is 0 Å². The molecule has 1 aliphatic rings. The van der Waals surface area contributed by atoms with Crippen LogP contribution >= 0.6 is 12.4 Å². The number of aromatic nitrogens is 2. The van der Waals surface area contributed by atoms with Gasteiger partial charge in [0.2, 0.25) is 0 Å². The molecule has 0 bridgehead atoms. The van der Waals surface area contributed by atoms with Gasteiger partial charge in [-0.3, -0.25) is 9.89 Å². The zero-order chi connectivity index (χ0) is 11.5. The van der Waals surface area contributed by atoms with Gasteiger partial charge in [0.1, 0.15) is 0 Å². The minimum Gasteiger partial charge on any atom is -0.349 e. The van der Waals surface area contributed by atoms with E-state index in [0.29, 0.717) is 11.5 Å². The second-order valence-corrected chi connectivity index (χ2v) is 4.46. The molecule has 0 spiro atoms. The fraction of sp³-hybridized carbons (Fsp3) is 0.636. The maximum atomic E-state index is 11.9. The van der Waals surface area contributed by atoms with Gasteiger partial charge in [0.15, 0.2) is 0 Å². The molecule has 96 valence electrons. The van der Waals surface area contributed by atoms with Crippen LogP contribution in [0.4, 0.5) is 0 Å². The fourth-order valence-corrected chi connectivity index (χ4v) is 2.05. The highest BCUT2D eigenvalue weighted by atomic mass is 35.5. The van der Waals surface area contributed by atoms with E-state index >= 15 is 0 Å². The topological polar surface area (TPSA) is 69.8 Å². The van der Waals surface area contributed by atoms with Crippen molar-refractivity contribution in [3.05, 3.63) is 17.5 Å². The van der Waals surface area contributed by atoms with Crippen molar-refractivity contribution in [2.45, 2.75) is 26.3 Å². The fourth-order valence-electron chi connectivity index (χ4n) is 2.05. The molecule has 1 amide bonds. The van der Waals surface area contributed by atoms with Gasteiger partial charge < -0.3 is 10.6 Å². The first-order valence-corrected chi connectivity index (χ1v) is 5.70. The summed E-state index contributed by atoms with van der Waals surface area (Å²) in [6.45, 7) is 5.95. The number of aromatic amines is 1. The van der Waals surface area contributed by atoms with E-state index in [1.54, 1.807) is 6.20 Å². The summed E-state index contributed by atoms with van der Waals surface area (Å²) in [5.74, 6) is 0.454. The minimum absolute atomic E-state index is 0. The number of hydrogen-bond donors (Lipinski definition) is 3. The number of carbonyl (C=O) groups is 1. The number of rotatable bonds is 2. The first-order valence-electron chi connectivity index (χ1n) is 5.70. The van der Waals surface area contributed by atoms with Gasteiger partial charge in [-0.15, -0.1) is 12.4 Å². The molecule has 3 N–H and O–H groups in total. The molecule has 2 atom stereocenters. The summed E-state index contributed by atoms with van der Waals surface area (Å²) in [7, 11) is 0. The van der Waals surface area contributed by atoms with E-state index in [2.05, 4.69) is 27.8 Å². The predicted octanol–water partition coefficient (Wildman–Crippen LogP) is 0.868. The monoisotopic (exact) mass is 258 g/mol. The number of hydrogen-bond acceptors (Lipinski definition) is 3. The van der Waals surface area contributed by atoms with Crippen molar-refractivity contribution in [1.82, 2.24) is 20.8 Å². The Balaban J connectivity index is 0.00000144. The summed E-state index contributed by atoms with van der Waals surface area (Å²) in [6.07, 6.45) is 2.57. The highest BCUT2D eigenvalue weighted by Crippen LogP contribution is 2.12. The number of carbonyl (C=O) groups excluding carboxylic acids is 1. The molecular formula is C11H19ClN4O. The van der Waals surface area contributed by atoms with Crippen molar-refractivity contribution < 1.29 is 4.79 Å². The van der Waals surface area contributed by atoms with E-state index < -0.39 is 0 Å². The van der Waals surface area contributed by atoms with Gasteiger partial charge in [0, 0.05) is 11.7 Å². The molecule has 2 heterocycles. The van der Waals surface area contributed by atoms with Crippen molar-refractivity contribution in [3.8, 4) is 0 Å². The molecule has 0 aliphatic carbocycles. The van der Waals surface area contributed by atoms with Crippen LogP contribution in [0.25, 0.3) is 0 Å². The lowest BCUT2D eigenvalue weighted by molar-refractivity contribution is 0.0913. The average Bonchev–Trinajstić information content (AvgIpc) is 2.68. The average molecular weight is 259 g/mol. The SMILES string of the molecule is Cc1[nH]ncc1C(=O)NC1CCNCC1C.Cl. The summed E-state index contributed by atoms with van der Waals surface area (Å²) in [5.41, 5.74) is 1.46. The zero-order valence-corrected chi connectivity index (χ0v) is 10.9. The summed E-state index contributed by atoms with van der Waals surface area (Å²) in [6, 6.07) is 0.267. The second-order valence-electron chi connectivity index (χ2n) is 4.46. The van der Waals surface area contributed by atoms with E-state index in [1.807, 2.05) is 6.92 Å². The third kappa shape index (κ3) is 3.20. The number of nitrogens with one attached hydrogen (secondary N) is 3. The van der Waals surface area contributed by atoms with Gasteiger partial charge in [0.05, 0.1) is 11.8 Å². The van der Waals surface area contributed by atoms with Crippen molar-refractivity contribution in [2.24, 2.45) is 5.92 Å². The molecule has 0 aromatic carbocycles. The Morgan fingerprint density at radius 3 is 2.94 bits per heavy atom. The molecule has 1 aromatic rings. The van der Waals surface area contributed by atoms with Gasteiger partial charge in [-0.2, -0.15) is 5.10 Å². The van der Waals surface area contributed by atoms with Crippen LogP contribution in [0.15, 0.2) is 6.20 Å². The van der Waals surface area contributed by atoms with Crippen LogP contribution in [0.3, 0.4) is 0 Å². The number of piperidine rings is 1. The third-order valence-electron chi connectivity index (χ3n) is 3.18. The molecule has 1 saturated heterocycles. The Labute approximate surface area is 107 Å². The normalized spacial score (nSPS) is 23.9. The molecule has 0 saturated carbocycles. The summed E-state index contributed by atoms with van der Waals surface area (Å²) in [5, 5.41) is 13.0. The first kappa shape index (κ1) is 14.0. The zero-order valence-electron chi connectivity index (χ0n) is 10.1. The van der Waals surface area contributed by atoms with E-state index in [-0.39, 0.29) is 24.4 Å². The Morgan fingerprint density at radius 1 is 1.59 bits per heavy atom. The molecule has 1 aliphatic heterocycles. The molecule has 0 radical (unpaired) electrons. The number of amides is 1. The Bertz CT molecular complexity index is 379. The van der Waals surface area contributed by atoms with Gasteiger partial charge in [-0.05, 0) is 32.4 Å². The van der Waals surface area contributed by atoms with Crippen molar-refractivity contribution in [3.63, 3.8) is 0 Å². The van der Waals surface area contributed by atoms with E-state index in [9.17, 15) is 4.79 Å². The molecule has 2 rings (SSSR count). The van der Waals surface area contributed by atoms with Gasteiger partial charge in [0.25, 0.3) is 5.91 Å². The van der Waals surface area contributed by atoms with Gasteiger partial charge in [-0.1, -0.05) is 6.92 Å². The largest absolute Gasteiger partial charge is 0.349 e. The smallest absolute Gasteiger partial charge is 0.254 e. The molecule has 1 aromatic heterocycles. The Hall–Kier alpha value is -1.07. The van der Waals surface area contributed by atoms with Crippen molar-refractivity contribution in [2.75, 3.05) is 13.1 Å². The van der Waals surface area contributed by atoms with E-state index in [1.165, 1.54) is 0 Å². The first-order chi connectivity index (χ1) is 7.68. The predicted molar refractivity (Wildman–Crippen MR) is 68.5 cm³/mol. The summed E-state index contributed by atoms with van der Waals surface area (Å²) >= 11 is 0. The lowest BCUT2D eigenvalue weighted by atomic mass is 9.95. The number of halogens is 1. The lowest BCUT2D eigenvalue weighted by Gasteiger charge is -2.30. The van der Waals surface area contributed by atoms with Crippen LogP contribution in [0, 0.1) is 12.8 Å². The highest BCUT2D eigenvalue weighted by molar-refractivity contribution is 5.95. The number of aryl methyl sites for hydroxylation is 1. The second kappa shape index (κ2) is 6.02. The van der Waals surface area contributed by atoms with Crippen LogP contribution in [0.5, 0.6) is 0 Å². The lowest BCUT2D eigenvalue weighted by Crippen LogP contribution is -2.48. The third-order valence-corrected chi connectivity index (χ3v) is 3.18. The van der Waals surface area contributed by atoms with Crippen LogP contribution in [-0.2, 0) is 0 Å². The standard InChI is InChI=1S/C11H18N4O.ClH/c1-7-5-12-4-3-10(7)14-11(16)9-6-13-15-8(9)2;/h6-7,10,12H,3-5H2,1-2H3,(H,13,15)(H,14,16);1H. The number of H-pyrrole nitrogens is 1. The summed E-state index contributed by atoms with van der Waals surface area (Å²) in [4.78, 5) is 11.9. The Morgan fingerprint density at radius 2 is 2.35 bits per heavy atom. The summed E-state index contributed by atoms with van der Waals surface area (Å²) < 4.78 is 0. The maximum Gasteiger partial charge on any atom is 0.254 e. The van der Waals surface area contributed by atoms with Crippen LogP contribution in [-0.4, -0.2) is 35.2 Å². The molecule has 17 heavy (non-hydrogen) atoms. The Kier molecular flexibility index (Phi) is 4.96. The van der Waals surface area contributed by atoms with Gasteiger partial charge >= 0.3 is 0 Å². The molecule has 2 unspecified atom stereocenters. The molecule has 1 fully saturated rings. The van der Waals surface area contributed by atoms with E-state index in [4.69, 9.17) is 0 Å². The quantitative estimate of drug-likeness (QED) is 0.737. The van der Waals surface area contributed by atoms with E-state index in [0.717, 1.165) is 25.2 Å². The van der Waals surface area contributed by atoms with Crippen molar-refractivity contribution >= 4 is 18.3 Å². The van der Waals surface area contributed by atoms with Gasteiger partial charge in [-0.25, -0.2) is 0 Å². The number of nitrogens with zero attached hydrogens (tertiary/aromatic N) is 1. The minimum atomic E-state index is -0.0231. The van der Waals surface area contributed by atoms with Crippen LogP contribution in [0.1, 0.15) is 29.4 Å². The molecule has 6 heteroatoms. The van der Waals surface area contributed by atoms with Crippen LogP contribution < -0.4 is 10.6 Å².